The second-order valence-electron chi connectivity index (χ2n) is 11.6. The van der Waals surface area contributed by atoms with E-state index in [1.165, 1.54) is 36.2 Å². The molecule has 0 amide bonds. The van der Waals surface area contributed by atoms with Crippen LogP contribution in [0.1, 0.15) is 50.8 Å². The molecule has 40 heavy (non-hydrogen) atoms. The van der Waals surface area contributed by atoms with Gasteiger partial charge in [0.25, 0.3) is 0 Å². The number of anilines is 1. The van der Waals surface area contributed by atoms with E-state index in [-0.39, 0.29) is 11.2 Å². The van der Waals surface area contributed by atoms with Gasteiger partial charge in [0.2, 0.25) is 0 Å². The van der Waals surface area contributed by atoms with Crippen LogP contribution >= 0.6 is 11.6 Å². The molecule has 3 aromatic rings. The molecule has 3 aliphatic heterocycles. The van der Waals surface area contributed by atoms with Crippen molar-refractivity contribution in [3.8, 4) is 17.0 Å². The third-order valence-electron chi connectivity index (χ3n) is 9.29. The molecule has 3 atom stereocenters. The molecule has 1 aromatic heterocycles. The van der Waals surface area contributed by atoms with Crippen molar-refractivity contribution in [1.29, 1.82) is 0 Å². The van der Waals surface area contributed by atoms with Crippen LogP contribution < -0.4 is 15.0 Å². The molecule has 7 heteroatoms. The summed E-state index contributed by atoms with van der Waals surface area (Å²) in [7, 11) is 0. The van der Waals surface area contributed by atoms with E-state index in [1.54, 1.807) is 0 Å². The summed E-state index contributed by atoms with van der Waals surface area (Å²) >= 11 is 6.52. The van der Waals surface area contributed by atoms with Crippen molar-refractivity contribution in [3.63, 3.8) is 0 Å². The van der Waals surface area contributed by atoms with Crippen LogP contribution in [0.3, 0.4) is 0 Å². The largest absolute Gasteiger partial charge is 0.493 e. The van der Waals surface area contributed by atoms with Gasteiger partial charge >= 0.3 is 0 Å². The minimum absolute atomic E-state index is 0.00884. The van der Waals surface area contributed by atoms with Crippen LogP contribution in [0.15, 0.2) is 54.6 Å². The van der Waals surface area contributed by atoms with Gasteiger partial charge in [0.15, 0.2) is 0 Å². The Bertz CT molecular complexity index is 1350. The molecule has 4 heterocycles. The molecule has 0 radical (unpaired) electrons. The molecule has 5 nitrogen and oxygen atoms in total. The Kier molecular flexibility index (Phi) is 8.02. The fourth-order valence-corrected chi connectivity index (χ4v) is 7.69. The molecule has 2 saturated heterocycles. The number of halogens is 2. The van der Waals surface area contributed by atoms with E-state index in [4.69, 9.17) is 21.3 Å². The van der Waals surface area contributed by atoms with E-state index in [1.807, 2.05) is 25.1 Å². The SMILES string of the molecule is CCOc1ccccc1-c1ccc2c(n1)CN(C[C@H]1CCCN1)CC21CCN(c2ccc(F)cc2Cl)C[C@H]1CC. The van der Waals surface area contributed by atoms with Crippen LogP contribution in [-0.2, 0) is 12.0 Å². The molecule has 3 aliphatic rings. The smallest absolute Gasteiger partial charge is 0.128 e. The van der Waals surface area contributed by atoms with Crippen molar-refractivity contribution in [2.24, 2.45) is 5.92 Å². The molecule has 6 rings (SSSR count). The fraction of sp³-hybridized carbons (Fsp3) is 0.485. The van der Waals surface area contributed by atoms with E-state index in [9.17, 15) is 4.39 Å². The van der Waals surface area contributed by atoms with Gasteiger partial charge in [0.05, 0.1) is 28.7 Å². The van der Waals surface area contributed by atoms with Gasteiger partial charge in [-0.25, -0.2) is 4.39 Å². The first-order valence-electron chi connectivity index (χ1n) is 14.9. The van der Waals surface area contributed by atoms with E-state index in [0.29, 0.717) is 23.6 Å². The van der Waals surface area contributed by atoms with Crippen LogP contribution in [0.2, 0.25) is 5.02 Å². The average Bonchev–Trinajstić information content (AvgIpc) is 3.47. The zero-order valence-electron chi connectivity index (χ0n) is 23.6. The summed E-state index contributed by atoms with van der Waals surface area (Å²) < 4.78 is 19.8. The molecule has 2 fully saturated rings. The number of nitrogens with zero attached hydrogens (tertiary/aromatic N) is 3. The summed E-state index contributed by atoms with van der Waals surface area (Å²) in [6.07, 6.45) is 4.55. The van der Waals surface area contributed by atoms with Crippen LogP contribution in [0, 0.1) is 11.7 Å². The second kappa shape index (κ2) is 11.7. The Morgan fingerprint density at radius 3 is 2.80 bits per heavy atom. The highest BCUT2D eigenvalue weighted by Crippen LogP contribution is 2.48. The highest BCUT2D eigenvalue weighted by Gasteiger charge is 2.48. The standard InChI is InChI=1S/C33H40ClFN4O/c1-3-23-19-39(31-14-11-24(35)18-28(31)34)17-15-33(23)22-38(20-25-8-7-16-36-25)21-30-27(33)12-13-29(37-30)26-9-5-6-10-32(26)40-4-2/h5-6,9-14,18,23,25,36H,3-4,7-8,15-17,19-22H2,1-2H3/t23-,25-,33?/m1/s1. The maximum Gasteiger partial charge on any atom is 0.128 e. The Morgan fingerprint density at radius 2 is 2.02 bits per heavy atom. The number of rotatable bonds is 7. The van der Waals surface area contributed by atoms with Gasteiger partial charge in [0, 0.05) is 49.7 Å². The Labute approximate surface area is 242 Å². The molecular formula is C33H40ClFN4O. The number of pyridine rings is 1. The summed E-state index contributed by atoms with van der Waals surface area (Å²) in [5.41, 5.74) is 5.55. The number of benzene rings is 2. The van der Waals surface area contributed by atoms with E-state index >= 15 is 0 Å². The highest BCUT2D eigenvalue weighted by atomic mass is 35.5. The van der Waals surface area contributed by atoms with Crippen LogP contribution in [0.25, 0.3) is 11.3 Å². The zero-order valence-corrected chi connectivity index (χ0v) is 24.4. The molecule has 1 N–H and O–H groups in total. The van der Waals surface area contributed by atoms with Crippen LogP contribution in [0.4, 0.5) is 10.1 Å². The number of hydrogen-bond donors (Lipinski definition) is 1. The Hall–Kier alpha value is -2.67. The number of fused-ring (bicyclic) bond motifs is 2. The third-order valence-corrected chi connectivity index (χ3v) is 9.59. The summed E-state index contributed by atoms with van der Waals surface area (Å²) in [4.78, 5) is 10.4. The maximum atomic E-state index is 13.8. The Balaban J connectivity index is 1.37. The maximum absolute atomic E-state index is 13.8. The lowest BCUT2D eigenvalue weighted by molar-refractivity contribution is 0.0968. The summed E-state index contributed by atoms with van der Waals surface area (Å²) in [5.74, 6) is 1.01. The number of aromatic nitrogens is 1. The van der Waals surface area contributed by atoms with Gasteiger partial charge in [-0.05, 0) is 80.6 Å². The molecule has 212 valence electrons. The first kappa shape index (κ1) is 27.5. The van der Waals surface area contributed by atoms with Gasteiger partial charge in [-0.1, -0.05) is 43.1 Å². The fourth-order valence-electron chi connectivity index (χ4n) is 7.40. The summed E-state index contributed by atoms with van der Waals surface area (Å²) in [6.45, 7) is 10.8. The zero-order chi connectivity index (χ0) is 27.7. The quantitative estimate of drug-likeness (QED) is 0.348. The third kappa shape index (κ3) is 5.22. The minimum Gasteiger partial charge on any atom is -0.493 e. The molecule has 0 saturated carbocycles. The molecule has 0 aliphatic carbocycles. The van der Waals surface area contributed by atoms with Gasteiger partial charge in [-0.2, -0.15) is 0 Å². The first-order chi connectivity index (χ1) is 19.5. The lowest BCUT2D eigenvalue weighted by Gasteiger charge is -2.53. The van der Waals surface area contributed by atoms with Gasteiger partial charge in [-0.15, -0.1) is 0 Å². The Morgan fingerprint density at radius 1 is 1.15 bits per heavy atom. The monoisotopic (exact) mass is 562 g/mol. The van der Waals surface area contributed by atoms with Gasteiger partial charge in [0.1, 0.15) is 11.6 Å². The topological polar surface area (TPSA) is 40.6 Å². The molecular weight excluding hydrogens is 523 g/mol. The molecule has 0 bridgehead atoms. The normalized spacial score (nSPS) is 24.9. The van der Waals surface area contributed by atoms with E-state index in [0.717, 1.165) is 74.8 Å². The highest BCUT2D eigenvalue weighted by molar-refractivity contribution is 6.33. The van der Waals surface area contributed by atoms with Crippen molar-refractivity contribution in [1.82, 2.24) is 15.2 Å². The van der Waals surface area contributed by atoms with Gasteiger partial charge in [-0.3, -0.25) is 9.88 Å². The van der Waals surface area contributed by atoms with Gasteiger partial charge < -0.3 is 15.0 Å². The number of piperidine rings is 1. The minimum atomic E-state index is -0.292. The van der Waals surface area contributed by atoms with E-state index < -0.39 is 0 Å². The van der Waals surface area contributed by atoms with Crippen molar-refractivity contribution in [2.75, 3.05) is 44.2 Å². The summed E-state index contributed by atoms with van der Waals surface area (Å²) in [5, 5.41) is 4.20. The number of ether oxygens (including phenoxy) is 1. The van der Waals surface area contributed by atoms with Crippen molar-refractivity contribution in [3.05, 3.63) is 76.7 Å². The van der Waals surface area contributed by atoms with E-state index in [2.05, 4.69) is 46.3 Å². The number of hydrogen-bond acceptors (Lipinski definition) is 5. The second-order valence-corrected chi connectivity index (χ2v) is 12.0. The first-order valence-corrected chi connectivity index (χ1v) is 15.3. The molecule has 1 spiro atoms. The van der Waals surface area contributed by atoms with Crippen molar-refractivity contribution < 1.29 is 9.13 Å². The lowest BCUT2D eigenvalue weighted by Crippen LogP contribution is -2.58. The molecule has 1 unspecified atom stereocenters. The number of para-hydroxylation sites is 1. The van der Waals surface area contributed by atoms with Crippen LogP contribution in [-0.4, -0.2) is 55.3 Å². The molecule has 2 aromatic carbocycles. The van der Waals surface area contributed by atoms with Crippen LogP contribution in [0.5, 0.6) is 5.75 Å². The van der Waals surface area contributed by atoms with Crippen molar-refractivity contribution >= 4 is 17.3 Å². The van der Waals surface area contributed by atoms with Crippen molar-refractivity contribution in [2.45, 2.75) is 57.5 Å². The average molecular weight is 563 g/mol. The predicted molar refractivity (Wildman–Crippen MR) is 161 cm³/mol. The number of nitrogens with one attached hydrogen (secondary N) is 1. The lowest BCUT2D eigenvalue weighted by atomic mass is 9.62. The summed E-state index contributed by atoms with van der Waals surface area (Å²) in [6, 6.07) is 18.1. The predicted octanol–water partition coefficient (Wildman–Crippen LogP) is 6.68.